The van der Waals surface area contributed by atoms with Crippen LogP contribution in [-0.2, 0) is 12.8 Å². The zero-order valence-electron chi connectivity index (χ0n) is 12.5. The summed E-state index contributed by atoms with van der Waals surface area (Å²) in [7, 11) is 0. The Labute approximate surface area is 124 Å². The summed E-state index contributed by atoms with van der Waals surface area (Å²) in [5.41, 5.74) is 9.52. The Hall–Kier alpha value is -1.35. The number of aromatic nitrogens is 1. The van der Waals surface area contributed by atoms with Crippen molar-refractivity contribution < 1.29 is 0 Å². The second-order valence-corrected chi connectivity index (χ2v) is 7.96. The lowest BCUT2D eigenvalue weighted by molar-refractivity contribution is 0.215. The van der Waals surface area contributed by atoms with E-state index in [0.717, 1.165) is 28.5 Å². The molecule has 0 radical (unpaired) electrons. The quantitative estimate of drug-likeness (QED) is 0.845. The molecule has 2 aromatic rings. The number of hydrogen-bond donors (Lipinski definition) is 1. The molecule has 0 fully saturated rings. The van der Waals surface area contributed by atoms with Crippen molar-refractivity contribution >= 4 is 27.3 Å². The van der Waals surface area contributed by atoms with E-state index in [2.05, 4.69) is 39.5 Å². The Bertz CT molecular complexity index is 676. The number of thiophene rings is 1. The van der Waals surface area contributed by atoms with Crippen molar-refractivity contribution in [2.75, 3.05) is 0 Å². The van der Waals surface area contributed by atoms with Crippen LogP contribution in [0.1, 0.15) is 43.3 Å². The topological polar surface area (TPSA) is 38.9 Å². The Morgan fingerprint density at radius 3 is 2.80 bits per heavy atom. The summed E-state index contributed by atoms with van der Waals surface area (Å²) < 4.78 is 0. The molecule has 2 nitrogen and oxygen atoms in total. The predicted molar refractivity (Wildman–Crippen MR) is 87.8 cm³/mol. The molecule has 0 saturated carbocycles. The molecule has 0 spiro atoms. The van der Waals surface area contributed by atoms with E-state index in [1.165, 1.54) is 23.1 Å². The van der Waals surface area contributed by atoms with E-state index in [1.54, 1.807) is 11.3 Å². The molecule has 2 N–H and O–H groups in total. The minimum Gasteiger partial charge on any atom is -0.398 e. The third kappa shape index (κ3) is 2.35. The Morgan fingerprint density at radius 2 is 2.15 bits per heavy atom. The first-order valence-electron chi connectivity index (χ1n) is 7.21. The van der Waals surface area contributed by atoms with Gasteiger partial charge in [-0.3, -0.25) is 0 Å². The fourth-order valence-electron chi connectivity index (χ4n) is 3.02. The molecule has 3 rings (SSSR count). The lowest BCUT2D eigenvalue weighted by Gasteiger charge is -2.34. The van der Waals surface area contributed by atoms with Gasteiger partial charge in [-0.1, -0.05) is 27.4 Å². The third-order valence-corrected chi connectivity index (χ3v) is 5.53. The zero-order chi connectivity index (χ0) is 14.5. The lowest BCUT2D eigenvalue weighted by Crippen LogP contribution is -2.27. The molecule has 2 aromatic heterocycles. The van der Waals surface area contributed by atoms with Crippen LogP contribution in [0, 0.1) is 11.3 Å². The summed E-state index contributed by atoms with van der Waals surface area (Å²) in [5, 5.41) is 1.21. The molecular formula is C17H22N2S. The highest BCUT2D eigenvalue weighted by atomic mass is 32.1. The van der Waals surface area contributed by atoms with Gasteiger partial charge in [-0.15, -0.1) is 11.3 Å². The van der Waals surface area contributed by atoms with Crippen molar-refractivity contribution in [2.45, 2.75) is 40.0 Å². The van der Waals surface area contributed by atoms with Gasteiger partial charge in [0.15, 0.2) is 0 Å². The molecule has 1 aliphatic rings. The lowest BCUT2D eigenvalue weighted by atomic mass is 9.71. The van der Waals surface area contributed by atoms with Crippen molar-refractivity contribution in [1.29, 1.82) is 0 Å². The maximum Gasteiger partial charge on any atom is 0.124 e. The molecule has 0 amide bonds. The number of nitrogens with zero attached hydrogens (tertiary/aromatic N) is 1. The van der Waals surface area contributed by atoms with Crippen LogP contribution in [0.15, 0.2) is 18.7 Å². The molecule has 1 aliphatic carbocycles. The number of pyridine rings is 1. The molecule has 0 bridgehead atoms. The maximum atomic E-state index is 5.80. The fourth-order valence-corrected chi connectivity index (χ4v) is 3.94. The third-order valence-electron chi connectivity index (χ3n) is 4.41. The number of aryl methyl sites for hydroxylation is 1. The number of hydrogen-bond acceptors (Lipinski definition) is 3. The highest BCUT2D eigenvalue weighted by molar-refractivity contribution is 7.19. The molecule has 20 heavy (non-hydrogen) atoms. The highest BCUT2D eigenvalue weighted by Crippen LogP contribution is 2.38. The van der Waals surface area contributed by atoms with Crippen molar-refractivity contribution in [3.63, 3.8) is 0 Å². The minimum absolute atomic E-state index is 0.373. The average Bonchev–Trinajstić information content (AvgIpc) is 2.77. The van der Waals surface area contributed by atoms with Gasteiger partial charge < -0.3 is 5.73 Å². The first-order valence-corrected chi connectivity index (χ1v) is 8.03. The van der Waals surface area contributed by atoms with Crippen LogP contribution < -0.4 is 5.73 Å². The predicted octanol–water partition coefficient (Wildman–Crippen LogP) is 4.38. The molecule has 3 heteroatoms. The first-order chi connectivity index (χ1) is 9.34. The van der Waals surface area contributed by atoms with E-state index in [1.807, 2.05) is 0 Å². The van der Waals surface area contributed by atoms with E-state index < -0.39 is 0 Å². The summed E-state index contributed by atoms with van der Waals surface area (Å²) in [6, 6.07) is 4.44. The molecular weight excluding hydrogens is 264 g/mol. The second kappa shape index (κ2) is 4.59. The summed E-state index contributed by atoms with van der Waals surface area (Å²) in [6.45, 7) is 10.9. The molecule has 106 valence electrons. The van der Waals surface area contributed by atoms with E-state index >= 15 is 0 Å². The Kier molecular flexibility index (Phi) is 3.13. The molecule has 0 aromatic carbocycles. The fraction of sp³-hybridized carbons (Fsp3) is 0.471. The molecule has 1 unspecified atom stereocenters. The van der Waals surface area contributed by atoms with E-state index in [9.17, 15) is 0 Å². The van der Waals surface area contributed by atoms with Crippen molar-refractivity contribution in [2.24, 2.45) is 17.1 Å². The van der Waals surface area contributed by atoms with Crippen LogP contribution in [0.4, 0.5) is 0 Å². The van der Waals surface area contributed by atoms with Gasteiger partial charge in [0.25, 0.3) is 0 Å². The summed E-state index contributed by atoms with van der Waals surface area (Å²) in [5.74, 6) is 0.747. The van der Waals surface area contributed by atoms with E-state index in [0.29, 0.717) is 11.1 Å². The number of nitrogens with two attached hydrogens (primary N) is 1. The normalized spacial score (nSPS) is 19.1. The average molecular weight is 286 g/mol. The summed E-state index contributed by atoms with van der Waals surface area (Å²) >= 11 is 1.65. The van der Waals surface area contributed by atoms with Gasteiger partial charge in [0.1, 0.15) is 4.83 Å². The van der Waals surface area contributed by atoms with Crippen LogP contribution in [0.25, 0.3) is 15.9 Å². The molecule has 0 aliphatic heterocycles. The first kappa shape index (κ1) is 13.6. The van der Waals surface area contributed by atoms with Gasteiger partial charge in [-0.2, -0.15) is 0 Å². The summed E-state index contributed by atoms with van der Waals surface area (Å²) in [4.78, 5) is 7.00. The van der Waals surface area contributed by atoms with E-state index in [4.69, 9.17) is 10.7 Å². The van der Waals surface area contributed by atoms with Crippen LogP contribution in [-0.4, -0.2) is 4.98 Å². The van der Waals surface area contributed by atoms with Crippen molar-refractivity contribution in [1.82, 2.24) is 4.98 Å². The molecule has 0 saturated heterocycles. The van der Waals surface area contributed by atoms with Gasteiger partial charge in [0, 0.05) is 16.8 Å². The van der Waals surface area contributed by atoms with Crippen LogP contribution in [0.2, 0.25) is 0 Å². The maximum absolute atomic E-state index is 5.80. The zero-order valence-corrected chi connectivity index (χ0v) is 13.3. The largest absolute Gasteiger partial charge is 0.398 e. The number of rotatable bonds is 1. The van der Waals surface area contributed by atoms with Crippen molar-refractivity contribution in [3.8, 4) is 0 Å². The minimum atomic E-state index is 0.373. The van der Waals surface area contributed by atoms with E-state index in [-0.39, 0.29) is 0 Å². The van der Waals surface area contributed by atoms with Crippen LogP contribution in [0.3, 0.4) is 0 Å². The van der Waals surface area contributed by atoms with Crippen LogP contribution >= 0.6 is 11.3 Å². The summed E-state index contributed by atoms with van der Waals surface area (Å²) in [6.07, 6.45) is 3.50. The highest BCUT2D eigenvalue weighted by Gasteiger charge is 2.29. The van der Waals surface area contributed by atoms with Gasteiger partial charge in [-0.25, -0.2) is 4.98 Å². The second-order valence-electron chi connectivity index (χ2n) is 6.93. The molecule has 1 atom stereocenters. The Balaban J connectivity index is 2.02. The van der Waals surface area contributed by atoms with Gasteiger partial charge in [0.2, 0.25) is 0 Å². The molecule has 2 heterocycles. The Morgan fingerprint density at radius 1 is 1.40 bits per heavy atom. The standard InChI is InChI=1S/C17H22N2S/c1-10(18)15-9-12-7-11-8-13(17(2,3)4)5-6-14(11)19-16(12)20-15/h7,9,13H,1,5-6,8,18H2,2-4H3. The number of fused-ring (bicyclic) bond motifs is 2. The van der Waals surface area contributed by atoms with Gasteiger partial charge >= 0.3 is 0 Å². The van der Waals surface area contributed by atoms with Crippen molar-refractivity contribution in [3.05, 3.63) is 34.8 Å². The van der Waals surface area contributed by atoms with Gasteiger partial charge in [0.05, 0.1) is 4.88 Å². The SMILES string of the molecule is C=C(N)c1cc2cc3c(nc2s1)CCC(C(C)(C)C)C3. The monoisotopic (exact) mass is 286 g/mol. The van der Waals surface area contributed by atoms with Gasteiger partial charge in [-0.05, 0) is 48.3 Å². The smallest absolute Gasteiger partial charge is 0.124 e. The van der Waals surface area contributed by atoms with Crippen LogP contribution in [0.5, 0.6) is 0 Å².